The monoisotopic (exact) mass is 336 g/mol. The highest BCUT2D eigenvalue weighted by atomic mass is 19.1. The van der Waals surface area contributed by atoms with Crippen LogP contribution >= 0.6 is 0 Å². The number of nitrogens with zero attached hydrogens (tertiary/aromatic N) is 1. The number of carbonyl (C=O) groups is 1. The molecular formula is C20H33FN2O. The molecule has 4 heteroatoms. The number of likely N-dealkylation sites (N-methyl/N-ethyl adjacent to an activating group) is 1. The number of hydrogen-bond donors (Lipinski definition) is 1. The first-order valence-electron chi connectivity index (χ1n) is 8.91. The summed E-state index contributed by atoms with van der Waals surface area (Å²) in [6.45, 7) is 16.4. The van der Waals surface area contributed by atoms with Crippen LogP contribution in [0.4, 0.5) is 4.39 Å². The molecule has 0 amide bonds. The zero-order chi connectivity index (χ0) is 18.3. The first-order chi connectivity index (χ1) is 11.2. The van der Waals surface area contributed by atoms with Crippen LogP contribution in [0.2, 0.25) is 0 Å². The Labute approximate surface area is 146 Å². The highest BCUT2D eigenvalue weighted by Crippen LogP contribution is 2.24. The largest absolute Gasteiger partial charge is 0.377 e. The fraction of sp³-hybridized carbons (Fsp3) is 0.650. The van der Waals surface area contributed by atoms with Gasteiger partial charge in [-0.3, -0.25) is 4.90 Å². The molecule has 0 aromatic rings. The Balaban J connectivity index is 2.50. The summed E-state index contributed by atoms with van der Waals surface area (Å²) in [6.07, 6.45) is 6.48. The number of hydrogen-bond acceptors (Lipinski definition) is 3. The molecule has 0 bridgehead atoms. The molecule has 0 saturated carbocycles. The number of carbonyl (C=O) groups excluding carboxylic acids is 1. The molecule has 0 aromatic carbocycles. The average molecular weight is 336 g/mol. The molecular weight excluding hydrogens is 303 g/mol. The second-order valence-electron chi connectivity index (χ2n) is 7.51. The van der Waals surface area contributed by atoms with Crippen LogP contribution in [0, 0.1) is 11.8 Å². The van der Waals surface area contributed by atoms with Gasteiger partial charge in [0.25, 0.3) is 0 Å². The molecule has 0 spiro atoms. The van der Waals surface area contributed by atoms with Crippen molar-refractivity contribution in [3.63, 3.8) is 0 Å². The maximum Gasteiger partial charge on any atom is 0.144 e. The van der Waals surface area contributed by atoms with Gasteiger partial charge in [-0.15, -0.1) is 0 Å². The lowest BCUT2D eigenvalue weighted by Crippen LogP contribution is -2.41. The van der Waals surface area contributed by atoms with Crippen molar-refractivity contribution < 1.29 is 9.18 Å². The second-order valence-corrected chi connectivity index (χ2v) is 7.51. The lowest BCUT2D eigenvalue weighted by molar-refractivity contribution is -0.112. The maximum atomic E-state index is 14.1. The molecule has 1 aliphatic rings. The third kappa shape index (κ3) is 6.60. The summed E-state index contributed by atoms with van der Waals surface area (Å²) in [6, 6.07) is 0. The summed E-state index contributed by atoms with van der Waals surface area (Å²) in [5, 5.41) is 3.18. The normalized spacial score (nSPS) is 19.5. The van der Waals surface area contributed by atoms with E-state index < -0.39 is 5.54 Å². The minimum absolute atomic E-state index is 0.0703. The summed E-state index contributed by atoms with van der Waals surface area (Å²) in [7, 11) is 0. The van der Waals surface area contributed by atoms with E-state index >= 15 is 0 Å². The SMILES string of the molecule is C=C(NC(C)(C)C=O)C(C)CCN(CC)CC1=CCC(C)C=C1F. The van der Waals surface area contributed by atoms with Crippen molar-refractivity contribution in [1.29, 1.82) is 0 Å². The van der Waals surface area contributed by atoms with Gasteiger partial charge in [-0.05, 0) is 63.3 Å². The van der Waals surface area contributed by atoms with Gasteiger partial charge in [-0.25, -0.2) is 4.39 Å². The van der Waals surface area contributed by atoms with Crippen LogP contribution in [0.25, 0.3) is 0 Å². The molecule has 1 aliphatic carbocycles. The Morgan fingerprint density at radius 1 is 1.58 bits per heavy atom. The summed E-state index contributed by atoms with van der Waals surface area (Å²) < 4.78 is 14.1. The van der Waals surface area contributed by atoms with E-state index in [0.717, 1.165) is 43.5 Å². The number of halogens is 1. The van der Waals surface area contributed by atoms with Crippen LogP contribution in [0.3, 0.4) is 0 Å². The van der Waals surface area contributed by atoms with Crippen molar-refractivity contribution in [3.8, 4) is 0 Å². The van der Waals surface area contributed by atoms with Crippen LogP contribution in [0.15, 0.2) is 35.8 Å². The zero-order valence-electron chi connectivity index (χ0n) is 15.9. The summed E-state index contributed by atoms with van der Waals surface area (Å²) in [5.41, 5.74) is 1.09. The Morgan fingerprint density at radius 3 is 2.79 bits per heavy atom. The molecule has 1 N–H and O–H groups in total. The highest BCUT2D eigenvalue weighted by molar-refractivity contribution is 5.63. The minimum Gasteiger partial charge on any atom is -0.377 e. The Kier molecular flexibility index (Phi) is 7.88. The zero-order valence-corrected chi connectivity index (χ0v) is 15.9. The Hall–Kier alpha value is -1.42. The van der Waals surface area contributed by atoms with E-state index in [-0.39, 0.29) is 11.7 Å². The van der Waals surface area contributed by atoms with Gasteiger partial charge in [-0.2, -0.15) is 0 Å². The van der Waals surface area contributed by atoms with Gasteiger partial charge in [0.2, 0.25) is 0 Å². The first kappa shape index (κ1) is 20.6. The summed E-state index contributed by atoms with van der Waals surface area (Å²) in [5.74, 6) is 0.470. The number of nitrogens with one attached hydrogen (secondary N) is 1. The molecule has 0 radical (unpaired) electrons. The number of aldehydes is 1. The topological polar surface area (TPSA) is 32.3 Å². The van der Waals surface area contributed by atoms with Crippen LogP contribution in [0.5, 0.6) is 0 Å². The van der Waals surface area contributed by atoms with Gasteiger partial charge in [0.15, 0.2) is 0 Å². The van der Waals surface area contributed by atoms with E-state index in [1.807, 2.05) is 26.8 Å². The van der Waals surface area contributed by atoms with Crippen molar-refractivity contribution in [1.82, 2.24) is 10.2 Å². The predicted octanol–water partition coefficient (Wildman–Crippen LogP) is 4.23. The van der Waals surface area contributed by atoms with E-state index in [4.69, 9.17) is 0 Å². The molecule has 0 saturated heterocycles. The smallest absolute Gasteiger partial charge is 0.144 e. The number of allylic oxidation sites excluding steroid dienone is 3. The number of rotatable bonds is 10. The minimum atomic E-state index is -0.590. The molecule has 0 heterocycles. The van der Waals surface area contributed by atoms with E-state index in [1.54, 1.807) is 6.08 Å². The quantitative estimate of drug-likeness (QED) is 0.606. The van der Waals surface area contributed by atoms with Crippen molar-refractivity contribution in [2.75, 3.05) is 19.6 Å². The molecule has 1 rings (SSSR count). The van der Waals surface area contributed by atoms with E-state index in [1.165, 1.54) is 0 Å². The molecule has 24 heavy (non-hydrogen) atoms. The fourth-order valence-electron chi connectivity index (χ4n) is 2.70. The molecule has 2 atom stereocenters. The van der Waals surface area contributed by atoms with Crippen molar-refractivity contribution in [2.45, 2.75) is 53.0 Å². The molecule has 0 aromatic heterocycles. The van der Waals surface area contributed by atoms with E-state index in [9.17, 15) is 9.18 Å². The molecule has 0 fully saturated rings. The van der Waals surface area contributed by atoms with Crippen LogP contribution in [0.1, 0.15) is 47.5 Å². The molecule has 3 nitrogen and oxygen atoms in total. The predicted molar refractivity (Wildman–Crippen MR) is 99.4 cm³/mol. The standard InChI is InChI=1S/C20H33FN2O/c1-7-23(13-18-9-8-15(2)12-19(18)21)11-10-16(3)17(4)22-20(5,6)14-24/h9,12,14-16,22H,4,7-8,10-11,13H2,1-3,5-6H3. The fourth-order valence-corrected chi connectivity index (χ4v) is 2.70. The Bertz CT molecular complexity index is 508. The van der Waals surface area contributed by atoms with E-state index in [0.29, 0.717) is 12.5 Å². The lowest BCUT2D eigenvalue weighted by Gasteiger charge is -2.28. The maximum absolute atomic E-state index is 14.1. The van der Waals surface area contributed by atoms with Gasteiger partial charge in [0, 0.05) is 12.2 Å². The van der Waals surface area contributed by atoms with Crippen LogP contribution in [-0.4, -0.2) is 36.4 Å². The highest BCUT2D eigenvalue weighted by Gasteiger charge is 2.20. The van der Waals surface area contributed by atoms with Crippen LogP contribution in [-0.2, 0) is 4.79 Å². The van der Waals surface area contributed by atoms with Crippen LogP contribution < -0.4 is 5.32 Å². The summed E-state index contributed by atoms with van der Waals surface area (Å²) in [4.78, 5) is 13.3. The lowest BCUT2D eigenvalue weighted by atomic mass is 9.97. The third-order valence-electron chi connectivity index (χ3n) is 4.57. The van der Waals surface area contributed by atoms with Gasteiger partial charge >= 0.3 is 0 Å². The molecule has 2 unspecified atom stereocenters. The van der Waals surface area contributed by atoms with Gasteiger partial charge in [0.05, 0.1) is 5.54 Å². The summed E-state index contributed by atoms with van der Waals surface area (Å²) >= 11 is 0. The first-order valence-corrected chi connectivity index (χ1v) is 8.91. The van der Waals surface area contributed by atoms with Gasteiger partial charge in [0.1, 0.15) is 12.1 Å². The van der Waals surface area contributed by atoms with Crippen molar-refractivity contribution >= 4 is 6.29 Å². The Morgan fingerprint density at radius 2 is 2.25 bits per heavy atom. The van der Waals surface area contributed by atoms with Gasteiger partial charge < -0.3 is 10.1 Å². The van der Waals surface area contributed by atoms with E-state index in [2.05, 4.69) is 30.6 Å². The average Bonchev–Trinajstić information content (AvgIpc) is 2.52. The van der Waals surface area contributed by atoms with Crippen molar-refractivity contribution in [2.24, 2.45) is 11.8 Å². The molecule has 136 valence electrons. The van der Waals surface area contributed by atoms with Crippen molar-refractivity contribution in [3.05, 3.63) is 35.8 Å². The third-order valence-corrected chi connectivity index (χ3v) is 4.57. The second kappa shape index (κ2) is 9.16. The van der Waals surface area contributed by atoms with Gasteiger partial charge in [-0.1, -0.05) is 33.4 Å². The molecule has 0 aliphatic heterocycles.